The number of piperidine rings is 1. The Kier molecular flexibility index (Phi) is 7.59. The third-order valence-corrected chi connectivity index (χ3v) is 3.79. The largest absolute Gasteiger partial charge is 0.353 e. The highest BCUT2D eigenvalue weighted by Gasteiger charge is 2.24. The number of nitrogens with one attached hydrogen (secondary N) is 1. The predicted molar refractivity (Wildman–Crippen MR) is 80.2 cm³/mol. The van der Waals surface area contributed by atoms with Crippen LogP contribution in [0.5, 0.6) is 0 Å². The smallest absolute Gasteiger partial charge is 0.224 e. The molecule has 0 saturated carbocycles. The van der Waals surface area contributed by atoms with E-state index in [1.807, 2.05) is 11.8 Å². The van der Waals surface area contributed by atoms with Crippen molar-refractivity contribution in [1.29, 1.82) is 0 Å². The first-order valence-corrected chi connectivity index (χ1v) is 7.89. The maximum atomic E-state index is 12.1. The van der Waals surface area contributed by atoms with Gasteiger partial charge in [0.25, 0.3) is 0 Å². The highest BCUT2D eigenvalue weighted by atomic mass is 16.2. The van der Waals surface area contributed by atoms with Crippen molar-refractivity contribution in [2.24, 2.45) is 5.73 Å². The summed E-state index contributed by atoms with van der Waals surface area (Å²) in [6.45, 7) is 5.54. The van der Waals surface area contributed by atoms with Crippen LogP contribution in [-0.4, -0.2) is 41.9 Å². The monoisotopic (exact) mass is 283 g/mol. The van der Waals surface area contributed by atoms with Crippen LogP contribution in [0.15, 0.2) is 0 Å². The maximum absolute atomic E-state index is 12.1. The van der Waals surface area contributed by atoms with Crippen molar-refractivity contribution in [2.75, 3.05) is 13.1 Å². The van der Waals surface area contributed by atoms with Gasteiger partial charge in [-0.05, 0) is 25.7 Å². The summed E-state index contributed by atoms with van der Waals surface area (Å²) in [7, 11) is 0. The Hall–Kier alpha value is -1.10. The molecule has 2 amide bonds. The van der Waals surface area contributed by atoms with Crippen molar-refractivity contribution in [2.45, 2.75) is 70.9 Å². The summed E-state index contributed by atoms with van der Waals surface area (Å²) in [6.07, 6.45) is 5.52. The van der Waals surface area contributed by atoms with Crippen LogP contribution in [0.4, 0.5) is 0 Å². The molecule has 116 valence electrons. The number of hydrogen-bond donors (Lipinski definition) is 2. The Morgan fingerprint density at radius 2 is 1.90 bits per heavy atom. The van der Waals surface area contributed by atoms with Gasteiger partial charge < -0.3 is 16.0 Å². The molecule has 1 aliphatic rings. The molecule has 0 aromatic rings. The van der Waals surface area contributed by atoms with E-state index in [4.69, 9.17) is 5.73 Å². The molecule has 5 nitrogen and oxygen atoms in total. The zero-order valence-electron chi connectivity index (χ0n) is 12.9. The molecule has 0 aliphatic carbocycles. The van der Waals surface area contributed by atoms with E-state index in [0.717, 1.165) is 45.2 Å². The molecule has 0 radical (unpaired) electrons. The molecule has 1 saturated heterocycles. The van der Waals surface area contributed by atoms with Crippen LogP contribution in [-0.2, 0) is 9.59 Å². The quantitative estimate of drug-likeness (QED) is 0.742. The number of likely N-dealkylation sites (tertiary alicyclic amines) is 1. The van der Waals surface area contributed by atoms with Gasteiger partial charge in [0.2, 0.25) is 11.8 Å². The molecule has 1 fully saturated rings. The van der Waals surface area contributed by atoms with Gasteiger partial charge in [-0.1, -0.05) is 20.3 Å². The van der Waals surface area contributed by atoms with Crippen LogP contribution in [0.3, 0.4) is 0 Å². The van der Waals surface area contributed by atoms with Crippen LogP contribution < -0.4 is 11.1 Å². The zero-order chi connectivity index (χ0) is 15.0. The van der Waals surface area contributed by atoms with Gasteiger partial charge >= 0.3 is 0 Å². The highest BCUT2D eigenvalue weighted by molar-refractivity contribution is 5.77. The summed E-state index contributed by atoms with van der Waals surface area (Å²) in [6, 6.07) is 0.205. The molecule has 0 aromatic heterocycles. The molecule has 3 N–H and O–H groups in total. The van der Waals surface area contributed by atoms with E-state index in [2.05, 4.69) is 12.2 Å². The number of carbonyl (C=O) groups is 2. The number of nitrogens with zero attached hydrogens (tertiary/aromatic N) is 1. The first-order chi connectivity index (χ1) is 9.56. The number of hydrogen-bond acceptors (Lipinski definition) is 3. The minimum absolute atomic E-state index is 0.0190. The summed E-state index contributed by atoms with van der Waals surface area (Å²) >= 11 is 0. The van der Waals surface area contributed by atoms with Gasteiger partial charge in [0.1, 0.15) is 0 Å². The van der Waals surface area contributed by atoms with Crippen molar-refractivity contribution >= 4 is 11.8 Å². The fourth-order valence-electron chi connectivity index (χ4n) is 2.63. The summed E-state index contributed by atoms with van der Waals surface area (Å²) < 4.78 is 0. The van der Waals surface area contributed by atoms with Gasteiger partial charge in [-0.2, -0.15) is 0 Å². The second-order valence-corrected chi connectivity index (χ2v) is 5.73. The lowest BCUT2D eigenvalue weighted by atomic mass is 10.0. The Balaban J connectivity index is 2.27. The average Bonchev–Trinajstić information content (AvgIpc) is 2.39. The average molecular weight is 283 g/mol. The third-order valence-electron chi connectivity index (χ3n) is 3.79. The lowest BCUT2D eigenvalue weighted by molar-refractivity contribution is -0.132. The molecule has 1 unspecified atom stereocenters. The summed E-state index contributed by atoms with van der Waals surface area (Å²) in [4.78, 5) is 25.5. The Morgan fingerprint density at radius 3 is 2.45 bits per heavy atom. The van der Waals surface area contributed by atoms with Gasteiger partial charge in [0.15, 0.2) is 0 Å². The molecule has 1 aliphatic heterocycles. The Bertz CT molecular complexity index is 312. The molecule has 5 heteroatoms. The standard InChI is InChI=1S/C15H29N3O2/c1-3-5-12(16)11-15(20)18-9-7-13(8-10-18)17-14(19)6-4-2/h12-13H,3-11,16H2,1-2H3,(H,17,19). The van der Waals surface area contributed by atoms with Crippen LogP contribution in [0.25, 0.3) is 0 Å². The van der Waals surface area contributed by atoms with E-state index < -0.39 is 0 Å². The van der Waals surface area contributed by atoms with E-state index in [9.17, 15) is 9.59 Å². The second kappa shape index (κ2) is 8.95. The van der Waals surface area contributed by atoms with Gasteiger partial charge in [-0.3, -0.25) is 9.59 Å². The number of amides is 2. The van der Waals surface area contributed by atoms with Crippen molar-refractivity contribution in [1.82, 2.24) is 10.2 Å². The molecular formula is C15H29N3O2. The topological polar surface area (TPSA) is 75.4 Å². The van der Waals surface area contributed by atoms with Crippen molar-refractivity contribution in [3.05, 3.63) is 0 Å². The minimum Gasteiger partial charge on any atom is -0.353 e. The van der Waals surface area contributed by atoms with E-state index >= 15 is 0 Å². The predicted octanol–water partition coefficient (Wildman–Crippen LogP) is 1.41. The van der Waals surface area contributed by atoms with Crippen LogP contribution in [0.1, 0.15) is 58.8 Å². The van der Waals surface area contributed by atoms with E-state index in [-0.39, 0.29) is 23.9 Å². The van der Waals surface area contributed by atoms with Crippen LogP contribution in [0.2, 0.25) is 0 Å². The molecular weight excluding hydrogens is 254 g/mol. The summed E-state index contributed by atoms with van der Waals surface area (Å²) in [5, 5.41) is 3.04. The molecule has 0 spiro atoms. The minimum atomic E-state index is -0.0190. The van der Waals surface area contributed by atoms with Gasteiger partial charge in [-0.25, -0.2) is 0 Å². The maximum Gasteiger partial charge on any atom is 0.224 e. The number of nitrogens with two attached hydrogens (primary N) is 1. The zero-order valence-corrected chi connectivity index (χ0v) is 12.9. The SMILES string of the molecule is CCCC(=O)NC1CCN(C(=O)CC(N)CCC)CC1. The molecule has 0 bridgehead atoms. The van der Waals surface area contributed by atoms with E-state index in [1.54, 1.807) is 0 Å². The molecule has 0 aromatic carbocycles. The first kappa shape index (κ1) is 17.0. The molecule has 1 atom stereocenters. The lowest BCUT2D eigenvalue weighted by Crippen LogP contribution is -2.47. The van der Waals surface area contributed by atoms with Crippen molar-refractivity contribution in [3.63, 3.8) is 0 Å². The van der Waals surface area contributed by atoms with E-state index in [0.29, 0.717) is 12.8 Å². The Morgan fingerprint density at radius 1 is 1.25 bits per heavy atom. The van der Waals surface area contributed by atoms with Crippen molar-refractivity contribution in [3.8, 4) is 0 Å². The fraction of sp³-hybridized carbons (Fsp3) is 0.867. The normalized spacial score (nSPS) is 17.9. The highest BCUT2D eigenvalue weighted by Crippen LogP contribution is 2.13. The lowest BCUT2D eigenvalue weighted by Gasteiger charge is -2.33. The molecule has 20 heavy (non-hydrogen) atoms. The van der Waals surface area contributed by atoms with Crippen LogP contribution in [0, 0.1) is 0 Å². The molecule has 1 rings (SSSR count). The van der Waals surface area contributed by atoms with Crippen molar-refractivity contribution < 1.29 is 9.59 Å². The molecule has 1 heterocycles. The first-order valence-electron chi connectivity index (χ1n) is 7.89. The third kappa shape index (κ3) is 5.90. The van der Waals surface area contributed by atoms with Crippen LogP contribution >= 0.6 is 0 Å². The van der Waals surface area contributed by atoms with Gasteiger partial charge in [0, 0.05) is 38.0 Å². The van der Waals surface area contributed by atoms with Gasteiger partial charge in [0.05, 0.1) is 0 Å². The fourth-order valence-corrected chi connectivity index (χ4v) is 2.63. The second-order valence-electron chi connectivity index (χ2n) is 5.73. The summed E-state index contributed by atoms with van der Waals surface area (Å²) in [5.41, 5.74) is 5.91. The Labute approximate surface area is 122 Å². The van der Waals surface area contributed by atoms with E-state index in [1.165, 1.54) is 0 Å². The number of carbonyl (C=O) groups excluding carboxylic acids is 2. The summed E-state index contributed by atoms with van der Waals surface area (Å²) in [5.74, 6) is 0.284. The number of rotatable bonds is 7. The van der Waals surface area contributed by atoms with Gasteiger partial charge in [-0.15, -0.1) is 0 Å².